The number of sulfonamides is 1. The van der Waals surface area contributed by atoms with Crippen LogP contribution in [0.25, 0.3) is 11.1 Å². The molecule has 0 spiro atoms. The van der Waals surface area contributed by atoms with E-state index >= 15 is 0 Å². The minimum atomic E-state index is -3.68. The monoisotopic (exact) mass is 366 g/mol. The Morgan fingerprint density at radius 1 is 1.28 bits per heavy atom. The van der Waals surface area contributed by atoms with Crippen LogP contribution in [0.2, 0.25) is 0 Å². The van der Waals surface area contributed by atoms with Crippen molar-refractivity contribution in [1.82, 2.24) is 4.72 Å². The molecule has 2 aromatic carbocycles. The van der Waals surface area contributed by atoms with Crippen molar-refractivity contribution < 1.29 is 22.7 Å². The fourth-order valence-electron chi connectivity index (χ4n) is 2.37. The lowest BCUT2D eigenvalue weighted by Crippen LogP contribution is -2.32. The maximum Gasteiger partial charge on any atom is 0.240 e. The van der Waals surface area contributed by atoms with E-state index in [4.69, 9.17) is 5.73 Å². The molecule has 8 heteroatoms. The molecule has 0 saturated carbocycles. The zero-order chi connectivity index (χ0) is 18.8. The van der Waals surface area contributed by atoms with E-state index in [1.165, 1.54) is 19.1 Å². The molecule has 2 rings (SSSR count). The second-order valence-corrected chi connectivity index (χ2v) is 7.52. The molecule has 1 unspecified atom stereocenters. The van der Waals surface area contributed by atoms with Crippen molar-refractivity contribution in [3.63, 3.8) is 0 Å². The number of aliphatic hydroxyl groups is 1. The van der Waals surface area contributed by atoms with E-state index in [1.807, 2.05) is 4.72 Å². The number of anilines is 1. The highest BCUT2D eigenvalue weighted by Gasteiger charge is 2.20. The van der Waals surface area contributed by atoms with E-state index in [-0.39, 0.29) is 12.2 Å². The smallest absolute Gasteiger partial charge is 0.240 e. The van der Waals surface area contributed by atoms with Gasteiger partial charge >= 0.3 is 0 Å². The van der Waals surface area contributed by atoms with Gasteiger partial charge in [0.15, 0.2) is 0 Å². The van der Waals surface area contributed by atoms with Crippen LogP contribution in [0.1, 0.15) is 24.0 Å². The molecule has 25 heavy (non-hydrogen) atoms. The molecule has 0 radical (unpaired) electrons. The van der Waals surface area contributed by atoms with Gasteiger partial charge in [0.1, 0.15) is 5.82 Å². The second-order valence-electron chi connectivity index (χ2n) is 5.77. The van der Waals surface area contributed by atoms with Crippen LogP contribution in [0.15, 0.2) is 36.4 Å². The molecule has 0 saturated heterocycles. The van der Waals surface area contributed by atoms with Crippen LogP contribution in [0.5, 0.6) is 0 Å². The van der Waals surface area contributed by atoms with Gasteiger partial charge in [-0.2, -0.15) is 0 Å². The summed E-state index contributed by atoms with van der Waals surface area (Å²) in [6.07, 6.45) is 0.876. The van der Waals surface area contributed by atoms with Crippen LogP contribution in [-0.2, 0) is 21.4 Å². The molecular weight excluding hydrogens is 347 g/mol. The van der Waals surface area contributed by atoms with Crippen LogP contribution in [0, 0.1) is 5.82 Å². The average Bonchev–Trinajstić information content (AvgIpc) is 2.53. The first-order valence-electron chi connectivity index (χ1n) is 7.43. The Labute approximate surface area is 145 Å². The number of hydrogen-bond donors (Lipinski definition) is 3. The lowest BCUT2D eigenvalue weighted by atomic mass is 9.95. The van der Waals surface area contributed by atoms with E-state index in [0.29, 0.717) is 22.4 Å². The molecule has 0 aliphatic rings. The Morgan fingerprint density at radius 2 is 1.96 bits per heavy atom. The largest absolute Gasteiger partial charge is 0.398 e. The molecule has 0 bridgehead atoms. The summed E-state index contributed by atoms with van der Waals surface area (Å²) in [6.45, 7) is 1.23. The second kappa shape index (κ2) is 7.20. The summed E-state index contributed by atoms with van der Waals surface area (Å²) in [4.78, 5) is 11.9. The summed E-state index contributed by atoms with van der Waals surface area (Å²) in [7, 11) is -3.68. The zero-order valence-corrected chi connectivity index (χ0v) is 14.6. The lowest BCUT2D eigenvalue weighted by molar-refractivity contribution is -0.120. The van der Waals surface area contributed by atoms with Gasteiger partial charge in [-0.25, -0.2) is 12.8 Å². The molecular formula is C17H19FN2O4S. The van der Waals surface area contributed by atoms with Crippen LogP contribution in [0.4, 0.5) is 10.1 Å². The van der Waals surface area contributed by atoms with Gasteiger partial charge in [-0.05, 0) is 36.2 Å². The molecule has 0 aromatic heterocycles. The first-order chi connectivity index (χ1) is 11.6. The number of aliphatic hydroxyl groups excluding tert-OH is 1. The summed E-state index contributed by atoms with van der Waals surface area (Å²) in [5.74, 6) is -2.13. The van der Waals surface area contributed by atoms with Gasteiger partial charge in [0.25, 0.3) is 0 Å². The number of nitrogens with one attached hydrogen (secondary N) is 1. The van der Waals surface area contributed by atoms with Crippen molar-refractivity contribution in [3.05, 3.63) is 53.3 Å². The molecule has 4 N–H and O–H groups in total. The summed E-state index contributed by atoms with van der Waals surface area (Å²) in [5.41, 5.74) is 7.79. The normalized spacial score (nSPS) is 12.6. The molecule has 0 fully saturated rings. The number of nitrogens with two attached hydrogens (primary N) is 1. The Morgan fingerprint density at radius 3 is 2.52 bits per heavy atom. The van der Waals surface area contributed by atoms with Crippen LogP contribution in [0.3, 0.4) is 0 Å². The minimum Gasteiger partial charge on any atom is -0.398 e. The van der Waals surface area contributed by atoms with Gasteiger partial charge in [0.05, 0.1) is 18.8 Å². The minimum absolute atomic E-state index is 0.262. The van der Waals surface area contributed by atoms with E-state index in [0.717, 1.165) is 6.26 Å². The van der Waals surface area contributed by atoms with E-state index < -0.39 is 27.7 Å². The number of rotatable bonds is 5. The SMILES string of the molecule is CC(C(=O)NS(C)(=O)=O)c1ccc(-c2ccc(N)c(CO)c2)c(F)c1. The number of nitrogen functional groups attached to an aromatic ring is 1. The predicted molar refractivity (Wildman–Crippen MR) is 93.6 cm³/mol. The third-order valence-corrected chi connectivity index (χ3v) is 4.37. The quantitative estimate of drug-likeness (QED) is 0.699. The molecule has 134 valence electrons. The maximum atomic E-state index is 14.5. The van der Waals surface area contributed by atoms with Crippen molar-refractivity contribution >= 4 is 21.6 Å². The molecule has 1 atom stereocenters. The average molecular weight is 366 g/mol. The van der Waals surface area contributed by atoms with Gasteiger partial charge in [-0.3, -0.25) is 9.52 Å². The highest BCUT2D eigenvalue weighted by atomic mass is 32.2. The fraction of sp³-hybridized carbons (Fsp3) is 0.235. The lowest BCUT2D eigenvalue weighted by Gasteiger charge is -2.13. The number of benzene rings is 2. The number of hydrogen-bond acceptors (Lipinski definition) is 5. The number of carbonyl (C=O) groups is 1. The van der Waals surface area contributed by atoms with Crippen molar-refractivity contribution in [1.29, 1.82) is 0 Å². The van der Waals surface area contributed by atoms with Gasteiger partial charge in [-0.1, -0.05) is 18.2 Å². The Balaban J connectivity index is 2.33. The topological polar surface area (TPSA) is 109 Å². The van der Waals surface area contributed by atoms with Crippen molar-refractivity contribution in [3.8, 4) is 11.1 Å². The Bertz CT molecular complexity index is 913. The van der Waals surface area contributed by atoms with Gasteiger partial charge in [0, 0.05) is 16.8 Å². The van der Waals surface area contributed by atoms with Gasteiger partial charge in [0.2, 0.25) is 15.9 Å². The van der Waals surface area contributed by atoms with Crippen molar-refractivity contribution in [2.24, 2.45) is 0 Å². The first-order valence-corrected chi connectivity index (χ1v) is 9.32. The Kier molecular flexibility index (Phi) is 5.44. The number of carbonyl (C=O) groups excluding carboxylic acids is 1. The highest BCUT2D eigenvalue weighted by molar-refractivity contribution is 7.89. The fourth-order valence-corrected chi connectivity index (χ4v) is 2.91. The molecule has 2 aromatic rings. The Hall–Kier alpha value is -2.45. The van der Waals surface area contributed by atoms with Gasteiger partial charge < -0.3 is 10.8 Å². The first kappa shape index (κ1) is 18.9. The van der Waals surface area contributed by atoms with Crippen LogP contribution >= 0.6 is 0 Å². The van der Waals surface area contributed by atoms with Crippen molar-refractivity contribution in [2.75, 3.05) is 12.0 Å². The van der Waals surface area contributed by atoms with Gasteiger partial charge in [-0.15, -0.1) is 0 Å². The maximum absolute atomic E-state index is 14.5. The number of amides is 1. The van der Waals surface area contributed by atoms with Crippen molar-refractivity contribution in [2.45, 2.75) is 19.4 Å². The molecule has 0 heterocycles. The van der Waals surface area contributed by atoms with E-state index in [9.17, 15) is 22.7 Å². The third kappa shape index (κ3) is 4.55. The number of halogens is 1. The molecule has 0 aliphatic heterocycles. The standard InChI is InChI=1S/C17H19FN2O4S/c1-10(17(22)20-25(2,23)24)11-3-5-14(15(18)8-11)12-4-6-16(19)13(7-12)9-21/h3-8,10,21H,9,19H2,1-2H3,(H,20,22). The summed E-state index contributed by atoms with van der Waals surface area (Å²) >= 11 is 0. The predicted octanol–water partition coefficient (Wildman–Crippen LogP) is 1.75. The van der Waals surface area contributed by atoms with Crippen LogP contribution in [-0.4, -0.2) is 25.7 Å². The summed E-state index contributed by atoms with van der Waals surface area (Å²) < 4.78 is 38.6. The van der Waals surface area contributed by atoms with E-state index in [1.54, 1.807) is 24.3 Å². The van der Waals surface area contributed by atoms with Crippen LogP contribution < -0.4 is 10.5 Å². The molecule has 0 aliphatic carbocycles. The highest BCUT2D eigenvalue weighted by Crippen LogP contribution is 2.28. The summed E-state index contributed by atoms with van der Waals surface area (Å²) in [6, 6.07) is 9.05. The zero-order valence-electron chi connectivity index (χ0n) is 13.8. The van der Waals surface area contributed by atoms with E-state index in [2.05, 4.69) is 0 Å². The summed E-state index contributed by atoms with van der Waals surface area (Å²) in [5, 5.41) is 9.26. The molecule has 6 nitrogen and oxygen atoms in total. The molecule has 1 amide bonds. The third-order valence-electron chi connectivity index (χ3n) is 3.80.